The summed E-state index contributed by atoms with van der Waals surface area (Å²) in [5.74, 6) is -2.22. The van der Waals surface area contributed by atoms with E-state index in [4.69, 9.17) is 30.3 Å². The topological polar surface area (TPSA) is 205 Å². The average Bonchev–Trinajstić information content (AvgIpc) is 2.79. The minimum atomic E-state index is -0.745. The molecule has 2 aromatic rings. The van der Waals surface area contributed by atoms with Gasteiger partial charge in [0.25, 0.3) is 0 Å². The quantitative estimate of drug-likeness (QED) is 0.267. The van der Waals surface area contributed by atoms with Crippen LogP contribution in [0.15, 0.2) is 36.4 Å². The first kappa shape index (κ1) is 29.7. The molecule has 194 valence electrons. The van der Waals surface area contributed by atoms with Gasteiger partial charge in [0.15, 0.2) is 5.78 Å². The molecule has 0 spiro atoms. The van der Waals surface area contributed by atoms with E-state index in [1.807, 2.05) is 0 Å². The largest absolute Gasteiger partial charge is 0.508 e. The Hall–Kier alpha value is -3.38. The van der Waals surface area contributed by atoms with E-state index in [0.29, 0.717) is 12.8 Å². The van der Waals surface area contributed by atoms with Crippen molar-refractivity contribution in [2.75, 3.05) is 13.2 Å². The molecule has 35 heavy (non-hydrogen) atoms. The summed E-state index contributed by atoms with van der Waals surface area (Å²) in [5.41, 5.74) is 0.662. The molecule has 1 fully saturated rings. The molecule has 0 amide bonds. The van der Waals surface area contributed by atoms with Crippen LogP contribution in [0.2, 0.25) is 0 Å². The van der Waals surface area contributed by atoms with Crippen molar-refractivity contribution in [1.82, 2.24) is 0 Å². The van der Waals surface area contributed by atoms with E-state index in [0.717, 1.165) is 17.7 Å². The third-order valence-corrected chi connectivity index (χ3v) is 4.87. The monoisotopic (exact) mass is 496 g/mol. The maximum Gasteiger partial charge on any atom is 0.303 e. The van der Waals surface area contributed by atoms with Crippen molar-refractivity contribution < 1.29 is 55.2 Å². The molecular formula is C24H32O11. The molecule has 2 aromatic carbocycles. The Balaban J connectivity index is 0.000000338. The summed E-state index contributed by atoms with van der Waals surface area (Å²) in [5, 5.41) is 71.9. The Bertz CT molecular complexity index is 920. The molecule has 1 aliphatic rings. The molecule has 11 nitrogen and oxygen atoms in total. The molecular weight excluding hydrogens is 464 g/mol. The molecule has 1 saturated heterocycles. The number of hydrogen-bond donors (Lipinski definition) is 8. The maximum atomic E-state index is 12.0. The van der Waals surface area contributed by atoms with E-state index in [2.05, 4.69) is 0 Å². The van der Waals surface area contributed by atoms with Gasteiger partial charge in [-0.15, -0.1) is 0 Å². The Morgan fingerprint density at radius 2 is 1.51 bits per heavy atom. The van der Waals surface area contributed by atoms with Crippen molar-refractivity contribution in [3.63, 3.8) is 0 Å². The highest BCUT2D eigenvalue weighted by molar-refractivity contribution is 6.01. The lowest BCUT2D eigenvalue weighted by Gasteiger charge is -2.29. The number of benzene rings is 2. The van der Waals surface area contributed by atoms with Crippen LogP contribution in [0.4, 0.5) is 0 Å². The molecule has 0 saturated carbocycles. The van der Waals surface area contributed by atoms with Gasteiger partial charge in [-0.2, -0.15) is 0 Å². The summed E-state index contributed by atoms with van der Waals surface area (Å²) in [4.78, 5) is 21.4. The predicted molar refractivity (Wildman–Crippen MR) is 124 cm³/mol. The average molecular weight is 497 g/mol. The molecule has 3 atom stereocenters. The SMILES string of the molecule is CCC(=O)O.O=C(CCc1ccc(O)cc1)c1c(O)cc(O)cc1O.OC[C@H]1OCC(O)CC1O. The number of Topliss-reactive ketones (excluding diaryl/α,β-unsaturated/α-hetero) is 1. The molecule has 8 N–H and O–H groups in total. The second kappa shape index (κ2) is 14.8. The van der Waals surface area contributed by atoms with Crippen molar-refractivity contribution >= 4 is 11.8 Å². The van der Waals surface area contributed by atoms with Gasteiger partial charge in [0.1, 0.15) is 34.7 Å². The van der Waals surface area contributed by atoms with Crippen LogP contribution in [0, 0.1) is 0 Å². The third-order valence-electron chi connectivity index (χ3n) is 4.87. The first-order chi connectivity index (χ1) is 16.5. The van der Waals surface area contributed by atoms with E-state index in [9.17, 15) is 24.9 Å². The lowest BCUT2D eigenvalue weighted by molar-refractivity contribution is -0.137. The number of hydrogen-bond acceptors (Lipinski definition) is 10. The van der Waals surface area contributed by atoms with E-state index >= 15 is 0 Å². The number of aliphatic hydroxyl groups is 3. The van der Waals surface area contributed by atoms with Gasteiger partial charge in [0.2, 0.25) is 0 Å². The number of carbonyl (C=O) groups excluding carboxylic acids is 1. The number of phenols is 4. The van der Waals surface area contributed by atoms with E-state index < -0.39 is 41.6 Å². The zero-order chi connectivity index (χ0) is 26.5. The molecule has 0 radical (unpaired) electrons. The van der Waals surface area contributed by atoms with Crippen LogP contribution in [0.3, 0.4) is 0 Å². The fraction of sp³-hybridized carbons (Fsp3) is 0.417. The number of ether oxygens (including phenoxy) is 1. The van der Waals surface area contributed by atoms with Gasteiger partial charge < -0.3 is 45.6 Å². The highest BCUT2D eigenvalue weighted by atomic mass is 16.5. The lowest BCUT2D eigenvalue weighted by atomic mass is 10.0. The first-order valence-corrected chi connectivity index (χ1v) is 10.8. The molecule has 11 heteroatoms. The second-order valence-corrected chi connectivity index (χ2v) is 7.71. The standard InChI is InChI=1S/C15H14O5.C6H12O4.C3H6O2/c16-10-4-1-9(2-5-10)3-6-12(18)15-13(19)7-11(17)8-14(15)20;7-2-6-5(9)1-4(8)3-10-6;1-2-3(4)5/h1-2,4-5,7-8,16-17,19-20H,3,6H2;4-9H,1-3H2;2H2,1H3,(H,4,5)/t;4?,5?,6-;/m.1./s1. The molecule has 1 aliphatic heterocycles. The first-order valence-electron chi connectivity index (χ1n) is 10.8. The van der Waals surface area contributed by atoms with Crippen molar-refractivity contribution in [3.05, 3.63) is 47.5 Å². The summed E-state index contributed by atoms with van der Waals surface area (Å²) in [6, 6.07) is 8.45. The van der Waals surface area contributed by atoms with Gasteiger partial charge in [-0.1, -0.05) is 19.1 Å². The Morgan fingerprint density at radius 1 is 0.971 bits per heavy atom. The predicted octanol–water partition coefficient (Wildman–Crippen LogP) is 1.29. The minimum Gasteiger partial charge on any atom is -0.508 e. The van der Waals surface area contributed by atoms with Crippen molar-refractivity contribution in [1.29, 1.82) is 0 Å². The molecule has 0 aromatic heterocycles. The van der Waals surface area contributed by atoms with Crippen molar-refractivity contribution in [2.45, 2.75) is 50.9 Å². The normalized spacial score (nSPS) is 18.9. The summed E-state index contributed by atoms with van der Waals surface area (Å²) in [7, 11) is 0. The Labute approximate surface area is 202 Å². The van der Waals surface area contributed by atoms with Crippen LogP contribution in [0.5, 0.6) is 23.0 Å². The van der Waals surface area contributed by atoms with Gasteiger partial charge >= 0.3 is 5.97 Å². The third kappa shape index (κ3) is 10.6. The summed E-state index contributed by atoms with van der Waals surface area (Å²) < 4.78 is 4.90. The van der Waals surface area contributed by atoms with Gasteiger partial charge in [-0.25, -0.2) is 0 Å². The summed E-state index contributed by atoms with van der Waals surface area (Å²) >= 11 is 0. The Morgan fingerprint density at radius 3 is 1.97 bits per heavy atom. The van der Waals surface area contributed by atoms with Crippen LogP contribution in [0.25, 0.3) is 0 Å². The minimum absolute atomic E-state index is 0.0939. The Kier molecular flexibility index (Phi) is 12.5. The number of aromatic hydroxyl groups is 4. The molecule has 0 aliphatic carbocycles. The van der Waals surface area contributed by atoms with E-state index in [1.165, 1.54) is 12.1 Å². The van der Waals surface area contributed by atoms with Gasteiger partial charge in [0.05, 0.1) is 25.4 Å². The molecule has 1 heterocycles. The van der Waals surface area contributed by atoms with Crippen LogP contribution in [-0.4, -0.2) is 84.1 Å². The zero-order valence-electron chi connectivity index (χ0n) is 19.2. The number of carbonyl (C=O) groups is 2. The highest BCUT2D eigenvalue weighted by Crippen LogP contribution is 2.33. The van der Waals surface area contributed by atoms with Crippen LogP contribution in [0.1, 0.15) is 42.1 Å². The smallest absolute Gasteiger partial charge is 0.303 e. The zero-order valence-corrected chi connectivity index (χ0v) is 19.2. The van der Waals surface area contributed by atoms with E-state index in [1.54, 1.807) is 19.1 Å². The number of carboxylic acids is 1. The fourth-order valence-electron chi connectivity index (χ4n) is 2.95. The number of phenolic OH excluding ortho intramolecular Hbond substituents is 4. The number of ketones is 1. The van der Waals surface area contributed by atoms with Crippen LogP contribution >= 0.6 is 0 Å². The molecule has 3 rings (SSSR count). The molecule has 0 bridgehead atoms. The second-order valence-electron chi connectivity index (χ2n) is 7.71. The van der Waals surface area contributed by atoms with Gasteiger partial charge in [-0.05, 0) is 24.1 Å². The number of aliphatic hydroxyl groups excluding tert-OH is 3. The van der Waals surface area contributed by atoms with Crippen molar-refractivity contribution in [2.24, 2.45) is 0 Å². The number of aryl methyl sites for hydroxylation is 1. The van der Waals surface area contributed by atoms with Gasteiger partial charge in [0, 0.05) is 31.4 Å². The lowest BCUT2D eigenvalue weighted by Crippen LogP contribution is -2.42. The van der Waals surface area contributed by atoms with Crippen LogP contribution < -0.4 is 0 Å². The highest BCUT2D eigenvalue weighted by Gasteiger charge is 2.27. The summed E-state index contributed by atoms with van der Waals surface area (Å²) in [6.45, 7) is 1.62. The van der Waals surface area contributed by atoms with E-state index in [-0.39, 0.29) is 43.1 Å². The number of rotatable bonds is 6. The maximum absolute atomic E-state index is 12.0. The fourth-order valence-corrected chi connectivity index (χ4v) is 2.95. The van der Waals surface area contributed by atoms with Gasteiger partial charge in [-0.3, -0.25) is 9.59 Å². The summed E-state index contributed by atoms with van der Waals surface area (Å²) in [6.07, 6.45) is -0.796. The number of aliphatic carboxylic acids is 1. The van der Waals surface area contributed by atoms with Crippen molar-refractivity contribution in [3.8, 4) is 23.0 Å². The van der Waals surface area contributed by atoms with Crippen LogP contribution in [-0.2, 0) is 16.0 Å². The molecule has 2 unspecified atom stereocenters. The number of carboxylic acid groups (broad SMARTS) is 1.